The van der Waals surface area contributed by atoms with E-state index in [1.54, 1.807) is 27.7 Å². The SMILES string of the molecule is CC1(C)COCCCCOCC(C)(C)C(=O)OCOP(=O)(COC[C@@H]2CC[C@H](n3ccc4c(NC5CCCC5)c(C#N)c(Cl)nc43)O2)OCOC1=O. The van der Waals surface area contributed by atoms with Crippen LogP contribution in [0.4, 0.5) is 5.69 Å². The van der Waals surface area contributed by atoms with Gasteiger partial charge in [0.1, 0.15) is 29.9 Å². The van der Waals surface area contributed by atoms with Gasteiger partial charge in [-0.3, -0.25) is 23.2 Å². The van der Waals surface area contributed by atoms with E-state index in [-0.39, 0.29) is 43.3 Å². The van der Waals surface area contributed by atoms with Gasteiger partial charge in [0.2, 0.25) is 13.6 Å². The molecule has 52 heavy (non-hydrogen) atoms. The van der Waals surface area contributed by atoms with Crippen molar-refractivity contribution in [1.29, 1.82) is 5.26 Å². The Labute approximate surface area is 309 Å². The summed E-state index contributed by atoms with van der Waals surface area (Å²) in [6.07, 6.45) is 7.60. The molecule has 0 bridgehead atoms. The van der Waals surface area contributed by atoms with E-state index in [4.69, 9.17) is 49.1 Å². The number of carbonyl (C=O) groups excluding carboxylic acids is 2. The second kappa shape index (κ2) is 18.0. The number of fused-ring (bicyclic) bond motifs is 1. The Morgan fingerprint density at radius 2 is 1.60 bits per heavy atom. The van der Waals surface area contributed by atoms with Gasteiger partial charge in [0.25, 0.3) is 0 Å². The summed E-state index contributed by atoms with van der Waals surface area (Å²) in [5.74, 6) is -1.23. The van der Waals surface area contributed by atoms with Crippen LogP contribution in [-0.2, 0) is 51.6 Å². The molecule has 2 atom stereocenters. The lowest BCUT2D eigenvalue weighted by Crippen LogP contribution is -2.32. The van der Waals surface area contributed by atoms with Gasteiger partial charge >= 0.3 is 19.5 Å². The van der Waals surface area contributed by atoms with Crippen LogP contribution in [0.2, 0.25) is 5.15 Å². The van der Waals surface area contributed by atoms with Gasteiger partial charge < -0.3 is 38.3 Å². The van der Waals surface area contributed by atoms with Crippen LogP contribution in [0.1, 0.15) is 90.9 Å². The first-order valence-electron chi connectivity index (χ1n) is 17.8. The van der Waals surface area contributed by atoms with E-state index in [0.717, 1.165) is 31.1 Å². The smallest absolute Gasteiger partial charge is 0.361 e. The summed E-state index contributed by atoms with van der Waals surface area (Å²) in [4.78, 5) is 30.1. The molecule has 4 heterocycles. The van der Waals surface area contributed by atoms with E-state index in [0.29, 0.717) is 55.8 Å². The van der Waals surface area contributed by atoms with Crippen LogP contribution in [0.3, 0.4) is 0 Å². The molecule has 15 nitrogen and oxygen atoms in total. The number of halogens is 1. The quantitative estimate of drug-likeness (QED) is 0.179. The summed E-state index contributed by atoms with van der Waals surface area (Å²) in [5, 5.41) is 14.3. The number of hydrogen-bond donors (Lipinski definition) is 1. The Balaban J connectivity index is 1.20. The molecule has 1 saturated carbocycles. The predicted molar refractivity (Wildman–Crippen MR) is 189 cm³/mol. The summed E-state index contributed by atoms with van der Waals surface area (Å²) < 4.78 is 60.5. The van der Waals surface area contributed by atoms with E-state index in [1.165, 1.54) is 0 Å². The Bertz CT molecular complexity index is 1590. The van der Waals surface area contributed by atoms with Gasteiger partial charge in [0.05, 0.1) is 42.4 Å². The lowest BCUT2D eigenvalue weighted by atomic mass is 9.95. The van der Waals surface area contributed by atoms with Crippen molar-refractivity contribution in [1.82, 2.24) is 9.55 Å². The van der Waals surface area contributed by atoms with E-state index in [1.807, 2.05) is 16.8 Å². The third kappa shape index (κ3) is 10.4. The summed E-state index contributed by atoms with van der Waals surface area (Å²) in [5.41, 5.74) is -0.368. The van der Waals surface area contributed by atoms with E-state index >= 15 is 0 Å². The second-order valence-electron chi connectivity index (χ2n) is 14.7. The maximum absolute atomic E-state index is 13.7. The van der Waals surface area contributed by atoms with E-state index < -0.39 is 50.3 Å². The van der Waals surface area contributed by atoms with Crippen molar-refractivity contribution >= 4 is 47.9 Å². The van der Waals surface area contributed by atoms with Crippen LogP contribution in [-0.4, -0.2) is 86.6 Å². The summed E-state index contributed by atoms with van der Waals surface area (Å²) in [6.45, 7) is 6.45. The maximum Gasteiger partial charge on any atom is 0.361 e. The van der Waals surface area contributed by atoms with Gasteiger partial charge in [-0.2, -0.15) is 5.26 Å². The minimum Gasteiger partial charge on any atom is -0.437 e. The van der Waals surface area contributed by atoms with Crippen molar-refractivity contribution in [2.24, 2.45) is 10.8 Å². The maximum atomic E-state index is 13.7. The van der Waals surface area contributed by atoms with Gasteiger partial charge in [0, 0.05) is 30.8 Å². The molecule has 1 aliphatic carbocycles. The monoisotopic (exact) mass is 768 g/mol. The summed E-state index contributed by atoms with van der Waals surface area (Å²) in [6, 6.07) is 4.38. The molecular formula is C35H50ClN4O11P. The number of pyridine rings is 1. The molecule has 3 fully saturated rings. The summed E-state index contributed by atoms with van der Waals surface area (Å²) in [7, 11) is -4.11. The number of esters is 2. The molecule has 1 N–H and O–H groups in total. The molecule has 0 radical (unpaired) electrons. The first kappa shape index (κ1) is 40.4. The molecule has 0 aromatic carbocycles. The van der Waals surface area contributed by atoms with Crippen molar-refractivity contribution in [2.75, 3.05) is 58.3 Å². The Hall–Kier alpha value is -2.80. The van der Waals surface area contributed by atoms with Crippen molar-refractivity contribution in [3.8, 4) is 6.07 Å². The second-order valence-corrected chi connectivity index (χ2v) is 17.0. The van der Waals surface area contributed by atoms with Crippen molar-refractivity contribution in [3.05, 3.63) is 23.0 Å². The topological polar surface area (TPSA) is 179 Å². The third-order valence-electron chi connectivity index (χ3n) is 9.32. The van der Waals surface area contributed by atoms with Crippen LogP contribution < -0.4 is 5.32 Å². The molecule has 2 aliphatic heterocycles. The lowest BCUT2D eigenvalue weighted by molar-refractivity contribution is -0.166. The molecule has 2 aromatic rings. The van der Waals surface area contributed by atoms with Gasteiger partial charge in [-0.15, -0.1) is 0 Å². The van der Waals surface area contributed by atoms with Gasteiger partial charge in [-0.1, -0.05) is 24.4 Å². The zero-order chi connectivity index (χ0) is 37.4. The van der Waals surface area contributed by atoms with Crippen molar-refractivity contribution in [3.63, 3.8) is 0 Å². The number of anilines is 1. The fourth-order valence-electron chi connectivity index (χ4n) is 6.21. The van der Waals surface area contributed by atoms with Crippen LogP contribution in [0, 0.1) is 22.2 Å². The number of carbonyl (C=O) groups is 2. The Morgan fingerprint density at radius 1 is 0.981 bits per heavy atom. The largest absolute Gasteiger partial charge is 0.437 e. The molecule has 0 spiro atoms. The van der Waals surface area contributed by atoms with E-state index in [9.17, 15) is 19.4 Å². The van der Waals surface area contributed by atoms with E-state index in [2.05, 4.69) is 16.4 Å². The highest BCUT2D eigenvalue weighted by Crippen LogP contribution is 2.48. The minimum atomic E-state index is -4.11. The highest BCUT2D eigenvalue weighted by atomic mass is 35.5. The van der Waals surface area contributed by atoms with Gasteiger partial charge in [-0.25, -0.2) is 4.98 Å². The number of nitrogens with zero attached hydrogens (tertiary/aromatic N) is 3. The predicted octanol–water partition coefficient (Wildman–Crippen LogP) is 6.67. The molecule has 0 amide bonds. The average Bonchev–Trinajstić information content (AvgIpc) is 3.87. The number of cyclic esters (lactones) is 2. The Kier molecular flexibility index (Phi) is 14.0. The summed E-state index contributed by atoms with van der Waals surface area (Å²) >= 11 is 6.50. The van der Waals surface area contributed by atoms with Crippen LogP contribution in [0.25, 0.3) is 11.0 Å². The van der Waals surface area contributed by atoms with Crippen LogP contribution in [0.5, 0.6) is 0 Å². The first-order chi connectivity index (χ1) is 24.8. The highest BCUT2D eigenvalue weighted by Gasteiger charge is 2.35. The number of hydrogen-bond acceptors (Lipinski definition) is 14. The van der Waals surface area contributed by atoms with Crippen LogP contribution >= 0.6 is 19.2 Å². The number of ether oxygens (including phenoxy) is 6. The van der Waals surface area contributed by atoms with Crippen molar-refractivity contribution < 1.29 is 51.6 Å². The van der Waals surface area contributed by atoms with Gasteiger partial charge in [-0.05, 0) is 72.3 Å². The molecule has 17 heteroatoms. The normalized spacial score (nSPS) is 25.4. The van der Waals surface area contributed by atoms with Gasteiger partial charge in [0.15, 0.2) is 5.15 Å². The average molecular weight is 769 g/mol. The third-order valence-corrected chi connectivity index (χ3v) is 11.1. The molecular weight excluding hydrogens is 719 g/mol. The molecule has 2 saturated heterocycles. The fourth-order valence-corrected chi connectivity index (χ4v) is 7.41. The zero-order valence-electron chi connectivity index (χ0n) is 30.4. The molecule has 288 valence electrons. The number of rotatable bonds is 7. The molecule has 3 aliphatic rings. The molecule has 5 rings (SSSR count). The first-order valence-corrected chi connectivity index (χ1v) is 19.9. The number of nitriles is 1. The highest BCUT2D eigenvalue weighted by molar-refractivity contribution is 7.53. The number of nitrogens with one attached hydrogen (secondary N) is 1. The fraction of sp³-hybridized carbons (Fsp3) is 0.714. The Morgan fingerprint density at radius 3 is 2.19 bits per heavy atom. The number of aromatic nitrogens is 2. The van der Waals surface area contributed by atoms with Crippen molar-refractivity contribution in [2.45, 2.75) is 97.4 Å². The molecule has 2 aromatic heterocycles. The minimum absolute atomic E-state index is 0.0436. The van der Waals surface area contributed by atoms with Crippen LogP contribution in [0.15, 0.2) is 12.3 Å². The zero-order valence-corrected chi connectivity index (χ0v) is 32.0. The standard InChI is InChI=1S/C35H50ClN4O11P/c1-34(2)19-44-15-7-8-16-45-20-35(3,4)33(42)48-22-50-52(43,49-21-47-32(34)41)23-46-18-25-11-12-28(51-25)40-14-13-26-29(38-24-9-5-6-10-24)27(17-37)30(36)39-31(26)40/h13-14,24-25,28H,5-12,15-16,18-23H2,1-4H3,(H,38,39)/t25-,28+/m0/s1. The lowest BCUT2D eigenvalue weighted by Gasteiger charge is -2.24. The molecule has 0 unspecified atom stereocenters.